The number of piperidine rings is 1. The fraction of sp³-hybridized carbons (Fsp3) is 1.00. The maximum atomic E-state index is 5.30. The van der Waals surface area contributed by atoms with E-state index < -0.39 is 0 Å². The van der Waals surface area contributed by atoms with E-state index in [0.29, 0.717) is 0 Å². The molecule has 0 radical (unpaired) electrons. The van der Waals surface area contributed by atoms with E-state index in [1.165, 1.54) is 38.6 Å². The number of rotatable bonds is 2. The lowest BCUT2D eigenvalue weighted by atomic mass is 9.70. The number of nitrogens with one attached hydrogen (secondary N) is 1. The van der Waals surface area contributed by atoms with Gasteiger partial charge in [0.05, 0.1) is 6.61 Å². The topological polar surface area (TPSA) is 21.3 Å². The molecule has 1 aliphatic carbocycles. The molecule has 0 amide bonds. The Morgan fingerprint density at radius 1 is 1.29 bits per heavy atom. The van der Waals surface area contributed by atoms with E-state index in [1.54, 1.807) is 7.11 Å². The Bertz CT molecular complexity index is 195. The first-order valence-corrected chi connectivity index (χ1v) is 5.97. The fourth-order valence-corrected chi connectivity index (χ4v) is 3.28. The predicted octanol–water partition coefficient (Wildman–Crippen LogP) is 2.19. The first kappa shape index (κ1) is 10.4. The largest absolute Gasteiger partial charge is 0.383 e. The second-order valence-electron chi connectivity index (χ2n) is 5.38. The van der Waals surface area contributed by atoms with Gasteiger partial charge in [0, 0.05) is 12.6 Å². The average Bonchev–Trinajstić information content (AvgIpc) is 2.17. The normalized spacial score (nSPS) is 43.3. The molecule has 2 heteroatoms. The minimum absolute atomic E-state index is 0.243. The zero-order valence-electron chi connectivity index (χ0n) is 9.51. The van der Waals surface area contributed by atoms with Gasteiger partial charge in [-0.15, -0.1) is 0 Å². The zero-order valence-corrected chi connectivity index (χ0v) is 9.51. The van der Waals surface area contributed by atoms with Crippen LogP contribution in [0.4, 0.5) is 0 Å². The summed E-state index contributed by atoms with van der Waals surface area (Å²) in [5.74, 6) is 1.92. The van der Waals surface area contributed by atoms with Crippen molar-refractivity contribution in [2.24, 2.45) is 11.8 Å². The third-order valence-electron chi connectivity index (χ3n) is 4.03. The molecule has 1 heterocycles. The van der Waals surface area contributed by atoms with Crippen LogP contribution in [0.2, 0.25) is 0 Å². The molecule has 1 N–H and O–H groups in total. The lowest BCUT2D eigenvalue weighted by Gasteiger charge is -2.45. The van der Waals surface area contributed by atoms with E-state index in [-0.39, 0.29) is 5.54 Å². The van der Waals surface area contributed by atoms with Crippen LogP contribution in [-0.4, -0.2) is 25.8 Å². The van der Waals surface area contributed by atoms with Gasteiger partial charge < -0.3 is 10.1 Å². The third kappa shape index (κ3) is 2.12. The van der Waals surface area contributed by atoms with Crippen LogP contribution in [0.25, 0.3) is 0 Å². The van der Waals surface area contributed by atoms with E-state index in [0.717, 1.165) is 18.4 Å². The van der Waals surface area contributed by atoms with Crippen molar-refractivity contribution < 1.29 is 4.74 Å². The molecule has 2 aliphatic rings. The summed E-state index contributed by atoms with van der Waals surface area (Å²) in [6.45, 7) is 4.38. The molecular weight excluding hydrogens is 174 g/mol. The highest BCUT2D eigenvalue weighted by molar-refractivity contribution is 4.94. The third-order valence-corrected chi connectivity index (χ3v) is 4.03. The Morgan fingerprint density at radius 2 is 2.00 bits per heavy atom. The van der Waals surface area contributed by atoms with Gasteiger partial charge in [0.15, 0.2) is 0 Å². The summed E-state index contributed by atoms with van der Waals surface area (Å²) in [5.41, 5.74) is 0.243. The Labute approximate surface area is 87.4 Å². The summed E-state index contributed by atoms with van der Waals surface area (Å²) in [6, 6.07) is 0. The first-order valence-electron chi connectivity index (χ1n) is 5.97. The summed E-state index contributed by atoms with van der Waals surface area (Å²) in [7, 11) is 1.81. The molecule has 1 aliphatic heterocycles. The van der Waals surface area contributed by atoms with Crippen LogP contribution in [0.5, 0.6) is 0 Å². The molecule has 14 heavy (non-hydrogen) atoms. The van der Waals surface area contributed by atoms with Gasteiger partial charge in [0.25, 0.3) is 0 Å². The first-order chi connectivity index (χ1) is 6.73. The lowest BCUT2D eigenvalue weighted by Crippen LogP contribution is -2.55. The number of hydrogen-bond donors (Lipinski definition) is 1. The molecule has 3 unspecified atom stereocenters. The highest BCUT2D eigenvalue weighted by Gasteiger charge is 2.38. The Morgan fingerprint density at radius 3 is 2.71 bits per heavy atom. The van der Waals surface area contributed by atoms with Crippen molar-refractivity contribution in [1.29, 1.82) is 0 Å². The highest BCUT2D eigenvalue weighted by atomic mass is 16.5. The second kappa shape index (κ2) is 4.19. The Balaban J connectivity index is 1.94. The summed E-state index contributed by atoms with van der Waals surface area (Å²) in [6.07, 6.45) is 7.10. The molecule has 0 bridgehead atoms. The molecule has 3 atom stereocenters. The van der Waals surface area contributed by atoms with E-state index in [2.05, 4.69) is 12.2 Å². The molecular formula is C12H23NO. The standard InChI is InChI=1S/C12H23NO/c1-12(9-14-2)7-10-5-3-4-6-11(10)8-13-12/h10-11,13H,3-9H2,1-2H3. The number of fused-ring (bicyclic) bond motifs is 1. The van der Waals surface area contributed by atoms with E-state index in [9.17, 15) is 0 Å². The van der Waals surface area contributed by atoms with Gasteiger partial charge in [-0.2, -0.15) is 0 Å². The Hall–Kier alpha value is -0.0800. The van der Waals surface area contributed by atoms with E-state index >= 15 is 0 Å². The fourth-order valence-electron chi connectivity index (χ4n) is 3.28. The van der Waals surface area contributed by atoms with Gasteiger partial charge in [0.1, 0.15) is 0 Å². The summed E-state index contributed by atoms with van der Waals surface area (Å²) < 4.78 is 5.30. The maximum Gasteiger partial charge on any atom is 0.0641 e. The van der Waals surface area contributed by atoms with Gasteiger partial charge in [-0.1, -0.05) is 19.3 Å². The summed E-state index contributed by atoms with van der Waals surface area (Å²) >= 11 is 0. The molecule has 2 nitrogen and oxygen atoms in total. The van der Waals surface area contributed by atoms with Crippen molar-refractivity contribution in [2.45, 2.75) is 44.6 Å². The van der Waals surface area contributed by atoms with Crippen LogP contribution >= 0.6 is 0 Å². The molecule has 0 aromatic heterocycles. The number of ether oxygens (including phenoxy) is 1. The van der Waals surface area contributed by atoms with Gasteiger partial charge in [-0.3, -0.25) is 0 Å². The van der Waals surface area contributed by atoms with Gasteiger partial charge in [-0.25, -0.2) is 0 Å². The smallest absolute Gasteiger partial charge is 0.0641 e. The quantitative estimate of drug-likeness (QED) is 0.732. The highest BCUT2D eigenvalue weighted by Crippen LogP contribution is 2.38. The van der Waals surface area contributed by atoms with Gasteiger partial charge >= 0.3 is 0 Å². The van der Waals surface area contributed by atoms with Crippen molar-refractivity contribution >= 4 is 0 Å². The average molecular weight is 197 g/mol. The van der Waals surface area contributed by atoms with Crippen LogP contribution in [0, 0.1) is 11.8 Å². The predicted molar refractivity (Wildman–Crippen MR) is 58.3 cm³/mol. The van der Waals surface area contributed by atoms with E-state index in [1.807, 2.05) is 0 Å². The molecule has 2 rings (SSSR count). The van der Waals surface area contributed by atoms with Crippen LogP contribution in [0.1, 0.15) is 39.0 Å². The Kier molecular flexibility index (Phi) is 3.13. The molecule has 1 saturated heterocycles. The van der Waals surface area contributed by atoms with Crippen molar-refractivity contribution in [3.63, 3.8) is 0 Å². The zero-order chi connectivity index (χ0) is 10.0. The van der Waals surface area contributed by atoms with Crippen molar-refractivity contribution in [2.75, 3.05) is 20.3 Å². The van der Waals surface area contributed by atoms with Gasteiger partial charge in [0.2, 0.25) is 0 Å². The monoisotopic (exact) mass is 197 g/mol. The number of methoxy groups -OCH3 is 1. The molecule has 0 aromatic carbocycles. The maximum absolute atomic E-state index is 5.30. The molecule has 82 valence electrons. The van der Waals surface area contributed by atoms with E-state index in [4.69, 9.17) is 4.74 Å². The van der Waals surface area contributed by atoms with Crippen LogP contribution in [0.3, 0.4) is 0 Å². The molecule has 0 spiro atoms. The number of hydrogen-bond acceptors (Lipinski definition) is 2. The van der Waals surface area contributed by atoms with Crippen molar-refractivity contribution in [3.8, 4) is 0 Å². The lowest BCUT2D eigenvalue weighted by molar-refractivity contribution is 0.0458. The molecule has 2 fully saturated rings. The van der Waals surface area contributed by atoms with Crippen molar-refractivity contribution in [1.82, 2.24) is 5.32 Å². The summed E-state index contributed by atoms with van der Waals surface area (Å²) in [5, 5.41) is 3.67. The van der Waals surface area contributed by atoms with Crippen LogP contribution in [0.15, 0.2) is 0 Å². The van der Waals surface area contributed by atoms with Crippen LogP contribution < -0.4 is 5.32 Å². The minimum atomic E-state index is 0.243. The van der Waals surface area contributed by atoms with Crippen LogP contribution in [-0.2, 0) is 4.74 Å². The summed E-state index contributed by atoms with van der Waals surface area (Å²) in [4.78, 5) is 0. The molecule has 0 aromatic rings. The van der Waals surface area contributed by atoms with Gasteiger partial charge in [-0.05, 0) is 38.1 Å². The van der Waals surface area contributed by atoms with Crippen molar-refractivity contribution in [3.05, 3.63) is 0 Å². The SMILES string of the molecule is COCC1(C)CC2CCCCC2CN1. The second-order valence-corrected chi connectivity index (χ2v) is 5.38. The minimum Gasteiger partial charge on any atom is -0.383 e. The molecule has 1 saturated carbocycles.